The van der Waals surface area contributed by atoms with Gasteiger partial charge in [-0.3, -0.25) is 29.8 Å². The summed E-state index contributed by atoms with van der Waals surface area (Å²) in [5.74, 6) is 0.826. The number of hydrogen-bond donors (Lipinski definition) is 7. The van der Waals surface area contributed by atoms with E-state index in [2.05, 4.69) is 103 Å². The number of amides is 4. The first-order chi connectivity index (χ1) is 36.6. The molecule has 0 radical (unpaired) electrons. The van der Waals surface area contributed by atoms with E-state index in [9.17, 15) is 19.2 Å². The summed E-state index contributed by atoms with van der Waals surface area (Å²) in [5, 5.41) is 27.1. The van der Waals surface area contributed by atoms with Crippen molar-refractivity contribution in [1.29, 1.82) is 0 Å². The molecule has 2 aliphatic carbocycles. The summed E-state index contributed by atoms with van der Waals surface area (Å²) in [6.45, 7) is 7.91. The molecule has 8 aromatic rings. The highest BCUT2D eigenvalue weighted by atomic mass is 16.2. The lowest BCUT2D eigenvalue weighted by molar-refractivity contribution is 0.103. The van der Waals surface area contributed by atoms with Crippen LogP contribution in [0.5, 0.6) is 0 Å². The fraction of sp³-hybridized carbons (Fsp3) is 0.200. The number of fused-ring (bicyclic) bond motifs is 6. The summed E-state index contributed by atoms with van der Waals surface area (Å²) < 4.78 is 0. The van der Waals surface area contributed by atoms with E-state index >= 15 is 0 Å². The van der Waals surface area contributed by atoms with Gasteiger partial charge in [-0.2, -0.15) is 10.2 Å². The van der Waals surface area contributed by atoms with Crippen molar-refractivity contribution in [3.05, 3.63) is 156 Å². The normalized spacial score (nSPS) is 14.4. The number of carbonyl (C=O) groups excluding carboxylic acids is 4. The monoisotopic (exact) mass is 1000 g/mol. The first kappa shape index (κ1) is 47.9. The molecule has 20 heteroatoms. The van der Waals surface area contributed by atoms with E-state index in [1.165, 1.54) is 10.0 Å². The van der Waals surface area contributed by atoms with Crippen molar-refractivity contribution in [3.8, 4) is 45.0 Å². The number of carbonyl (C=O) groups is 4. The highest BCUT2D eigenvalue weighted by Crippen LogP contribution is 2.45. The zero-order valence-electron chi connectivity index (χ0n) is 41.5. The molecule has 0 saturated carbocycles. The second-order valence-electron chi connectivity index (χ2n) is 18.5. The third-order valence-electron chi connectivity index (χ3n) is 13.8. The topological polar surface area (TPSA) is 228 Å². The van der Waals surface area contributed by atoms with Crippen LogP contribution in [0, 0.1) is 0 Å². The standard InChI is InChI=1S/C28H28N8O2.C27H26N8O2/c1-34-14-16-36(17-15-34)19-11-9-18(10-12-19)25-24-26(32-31-25)20-6-5-7-21(23(20)27(24)37)30-28(38)33-35(2)22-8-3-4-13-29-22;1-34(21-7-2-3-12-29-21)33-27(37)30-20-6-4-5-19-22(20)26(36)23-24(31-32-25(19)23)17-8-10-18(11-9-17)35-15-13-28-14-16-35/h3-13H,14-17H2,1-2H3,(H,31,32)(H2,30,33,38);2-12,28H,13-16H2,1H3,(H,31,32)(H2,30,33,37). The lowest BCUT2D eigenvalue weighted by Crippen LogP contribution is -2.44. The molecule has 2 saturated heterocycles. The summed E-state index contributed by atoms with van der Waals surface area (Å²) in [7, 11) is 5.53. The molecule has 6 heterocycles. The van der Waals surface area contributed by atoms with Crippen molar-refractivity contribution in [2.75, 3.05) is 104 Å². The minimum Gasteiger partial charge on any atom is -0.369 e. The van der Waals surface area contributed by atoms with Gasteiger partial charge in [0.25, 0.3) is 0 Å². The number of ketones is 2. The number of likely N-dealkylation sites (N-methyl/N-ethyl adjacent to an activating group) is 1. The average Bonchev–Trinajstić information content (AvgIpc) is 4.22. The molecule has 4 aliphatic rings. The Morgan fingerprint density at radius 3 is 1.39 bits per heavy atom. The van der Waals surface area contributed by atoms with Gasteiger partial charge in [0.2, 0.25) is 0 Å². The average molecular weight is 1000 g/mol. The van der Waals surface area contributed by atoms with Gasteiger partial charge in [-0.1, -0.05) is 60.7 Å². The van der Waals surface area contributed by atoms with Gasteiger partial charge < -0.3 is 30.7 Å². The first-order valence-corrected chi connectivity index (χ1v) is 24.7. The number of aromatic amines is 2. The van der Waals surface area contributed by atoms with E-state index in [0.717, 1.165) is 74.9 Å². The van der Waals surface area contributed by atoms with Crippen molar-refractivity contribution in [1.82, 2.24) is 51.4 Å². The minimum atomic E-state index is -0.480. The van der Waals surface area contributed by atoms with Gasteiger partial charge in [-0.15, -0.1) is 0 Å². The molecule has 12 rings (SSSR count). The maximum absolute atomic E-state index is 13.7. The van der Waals surface area contributed by atoms with E-state index < -0.39 is 12.1 Å². The molecule has 7 N–H and O–H groups in total. The number of benzene rings is 4. The van der Waals surface area contributed by atoms with Crippen LogP contribution in [-0.2, 0) is 0 Å². The highest BCUT2D eigenvalue weighted by molar-refractivity contribution is 6.28. The predicted molar refractivity (Wildman–Crippen MR) is 290 cm³/mol. The molecular weight excluding hydrogens is 949 g/mol. The fourth-order valence-electron chi connectivity index (χ4n) is 9.87. The van der Waals surface area contributed by atoms with E-state index in [1.807, 2.05) is 60.7 Å². The van der Waals surface area contributed by atoms with Crippen LogP contribution >= 0.6 is 0 Å². The quantitative estimate of drug-likeness (QED) is 0.0694. The molecule has 378 valence electrons. The molecule has 0 spiro atoms. The van der Waals surface area contributed by atoms with Crippen LogP contribution in [0.2, 0.25) is 0 Å². The molecule has 0 unspecified atom stereocenters. The summed E-state index contributed by atoms with van der Waals surface area (Å²) >= 11 is 0. The van der Waals surface area contributed by atoms with E-state index in [4.69, 9.17) is 0 Å². The summed E-state index contributed by atoms with van der Waals surface area (Å²) in [5.41, 5.74) is 16.2. The maximum Gasteiger partial charge on any atom is 0.338 e. The number of hydrogen-bond acceptors (Lipinski definition) is 14. The van der Waals surface area contributed by atoms with Gasteiger partial charge in [0, 0.05) is 112 Å². The van der Waals surface area contributed by atoms with Crippen LogP contribution in [0.3, 0.4) is 0 Å². The number of pyridine rings is 2. The number of aromatic nitrogens is 6. The largest absolute Gasteiger partial charge is 0.369 e. The molecule has 4 amide bonds. The third kappa shape index (κ3) is 9.58. The lowest BCUT2D eigenvalue weighted by atomic mass is 10.0. The second kappa shape index (κ2) is 20.6. The van der Waals surface area contributed by atoms with Gasteiger partial charge in [-0.05, 0) is 67.7 Å². The Morgan fingerprint density at radius 2 is 0.960 bits per heavy atom. The van der Waals surface area contributed by atoms with Gasteiger partial charge in [0.15, 0.2) is 11.6 Å². The van der Waals surface area contributed by atoms with Crippen molar-refractivity contribution in [2.24, 2.45) is 0 Å². The van der Waals surface area contributed by atoms with Crippen molar-refractivity contribution in [3.63, 3.8) is 0 Å². The zero-order chi connectivity index (χ0) is 51.6. The molecule has 20 nitrogen and oxygen atoms in total. The van der Waals surface area contributed by atoms with Crippen LogP contribution in [0.15, 0.2) is 134 Å². The Kier molecular flexibility index (Phi) is 13.2. The molecule has 4 aromatic heterocycles. The van der Waals surface area contributed by atoms with Gasteiger partial charge in [0.05, 0.1) is 45.0 Å². The van der Waals surface area contributed by atoms with Crippen LogP contribution in [-0.4, -0.2) is 132 Å². The number of nitrogens with one attached hydrogen (secondary N) is 7. The van der Waals surface area contributed by atoms with E-state index in [1.54, 1.807) is 62.9 Å². The van der Waals surface area contributed by atoms with Gasteiger partial charge in [0.1, 0.15) is 23.0 Å². The van der Waals surface area contributed by atoms with E-state index in [0.29, 0.717) is 79.2 Å². The fourth-order valence-corrected chi connectivity index (χ4v) is 9.87. The van der Waals surface area contributed by atoms with Gasteiger partial charge >= 0.3 is 12.1 Å². The molecule has 2 fully saturated rings. The zero-order valence-corrected chi connectivity index (χ0v) is 41.5. The highest BCUT2D eigenvalue weighted by Gasteiger charge is 2.37. The number of urea groups is 2. The number of anilines is 6. The number of H-pyrrole nitrogens is 2. The number of piperazine rings is 2. The van der Waals surface area contributed by atoms with Crippen molar-refractivity contribution >= 4 is 58.0 Å². The summed E-state index contributed by atoms with van der Waals surface area (Å²) in [6.07, 6.45) is 3.29. The molecule has 2 aliphatic heterocycles. The van der Waals surface area contributed by atoms with Crippen LogP contribution in [0.25, 0.3) is 45.0 Å². The Hall–Kier alpha value is -9.40. The predicted octanol–water partition coefficient (Wildman–Crippen LogP) is 6.87. The molecular formula is C55H54N16O4. The van der Waals surface area contributed by atoms with Crippen LogP contribution in [0.1, 0.15) is 31.8 Å². The molecule has 0 bridgehead atoms. The Labute approximate surface area is 432 Å². The van der Waals surface area contributed by atoms with Crippen LogP contribution < -0.4 is 46.6 Å². The number of nitrogens with zero attached hydrogens (tertiary/aromatic N) is 9. The summed E-state index contributed by atoms with van der Waals surface area (Å²) in [6, 6.07) is 37.0. The van der Waals surface area contributed by atoms with E-state index in [-0.39, 0.29) is 11.6 Å². The minimum absolute atomic E-state index is 0.170. The Bertz CT molecular complexity index is 3400. The Balaban J connectivity index is 0.000000161. The molecule has 0 atom stereocenters. The lowest BCUT2D eigenvalue weighted by Gasteiger charge is -2.34. The number of rotatable bonds is 10. The third-order valence-corrected chi connectivity index (χ3v) is 13.8. The van der Waals surface area contributed by atoms with Crippen molar-refractivity contribution < 1.29 is 19.2 Å². The second-order valence-corrected chi connectivity index (χ2v) is 18.5. The Morgan fingerprint density at radius 1 is 0.520 bits per heavy atom. The molecule has 75 heavy (non-hydrogen) atoms. The maximum atomic E-state index is 13.7. The molecule has 4 aromatic carbocycles. The van der Waals surface area contributed by atoms with Crippen molar-refractivity contribution in [2.45, 2.75) is 0 Å². The van der Waals surface area contributed by atoms with Gasteiger partial charge in [-0.25, -0.2) is 30.4 Å². The smallest absolute Gasteiger partial charge is 0.338 e. The SMILES string of the molecule is CN(NC(=O)Nc1cccc2c1C(=O)c1c(-c3ccc(N4CCNCC4)cc3)n[nH]c1-2)c1ccccn1.CN1CCN(c2ccc(-c3n[nH]c4c3C(=O)c3c(NC(=O)NN(C)c5ccccn5)cccc3-4)cc2)CC1. The number of hydrazine groups is 2. The summed E-state index contributed by atoms with van der Waals surface area (Å²) in [4.78, 5) is 68.3. The first-order valence-electron chi connectivity index (χ1n) is 24.7. The van der Waals surface area contributed by atoms with Crippen LogP contribution in [0.4, 0.5) is 44.0 Å².